The van der Waals surface area contributed by atoms with E-state index in [2.05, 4.69) is 14.7 Å². The first-order valence-corrected chi connectivity index (χ1v) is 12.8. The monoisotopic (exact) mass is 465 g/mol. The SMILES string of the molecule is CC(C)[C@H](N=C1NS(=O)(=O)c2ccccc21)C(=O)N1CCC(c2nc3ccccc3[nH]2)CC1. The summed E-state index contributed by atoms with van der Waals surface area (Å²) in [6.45, 7) is 5.11. The number of aliphatic imine (C=N–C) groups is 1. The number of fused-ring (bicyclic) bond motifs is 2. The number of rotatable bonds is 4. The van der Waals surface area contributed by atoms with Crippen LogP contribution in [0.5, 0.6) is 0 Å². The quantitative estimate of drug-likeness (QED) is 0.617. The molecule has 1 saturated heterocycles. The summed E-state index contributed by atoms with van der Waals surface area (Å²) >= 11 is 0. The number of H-pyrrole nitrogens is 1. The van der Waals surface area contributed by atoms with Crippen molar-refractivity contribution < 1.29 is 13.2 Å². The minimum Gasteiger partial charge on any atom is -0.342 e. The van der Waals surface area contributed by atoms with Crippen LogP contribution < -0.4 is 4.72 Å². The standard InChI is InChI=1S/C24H27N5O3S/c1-15(2)21(27-23-17-7-3-6-10-20(17)33(31,32)28-23)24(30)29-13-11-16(12-14-29)22-25-18-8-4-5-9-19(18)26-22/h3-10,15-16,21H,11-14H2,1-2H3,(H,25,26)(H,27,28)/t21-/m0/s1. The number of imidazole rings is 1. The number of aromatic amines is 1. The molecule has 0 unspecified atom stereocenters. The maximum Gasteiger partial charge on any atom is 0.263 e. The van der Waals surface area contributed by atoms with E-state index in [1.54, 1.807) is 24.3 Å². The number of piperidine rings is 1. The van der Waals surface area contributed by atoms with E-state index in [1.807, 2.05) is 43.0 Å². The molecule has 33 heavy (non-hydrogen) atoms. The molecule has 0 radical (unpaired) electrons. The second-order valence-electron chi connectivity index (χ2n) is 9.01. The van der Waals surface area contributed by atoms with Crippen molar-refractivity contribution in [1.82, 2.24) is 19.6 Å². The van der Waals surface area contributed by atoms with Crippen molar-refractivity contribution in [1.29, 1.82) is 0 Å². The van der Waals surface area contributed by atoms with Gasteiger partial charge in [0.25, 0.3) is 10.0 Å². The smallest absolute Gasteiger partial charge is 0.263 e. The second-order valence-corrected chi connectivity index (χ2v) is 10.7. The lowest BCUT2D eigenvalue weighted by atomic mass is 9.94. The molecule has 0 aliphatic carbocycles. The molecule has 0 bridgehead atoms. The van der Waals surface area contributed by atoms with Crippen LogP contribution in [-0.4, -0.2) is 54.2 Å². The third kappa shape index (κ3) is 4.01. The Morgan fingerprint density at radius 3 is 2.52 bits per heavy atom. The Bertz CT molecular complexity index is 1300. The molecular formula is C24H27N5O3S. The normalized spacial score (nSPS) is 20.2. The van der Waals surface area contributed by atoms with Crippen LogP contribution in [0.3, 0.4) is 0 Å². The third-order valence-electron chi connectivity index (χ3n) is 6.42. The molecule has 2 N–H and O–H groups in total. The van der Waals surface area contributed by atoms with E-state index in [0.29, 0.717) is 18.7 Å². The molecule has 2 aromatic carbocycles. The Morgan fingerprint density at radius 2 is 1.79 bits per heavy atom. The van der Waals surface area contributed by atoms with Gasteiger partial charge in [0.15, 0.2) is 0 Å². The number of amidine groups is 1. The molecule has 8 nitrogen and oxygen atoms in total. The van der Waals surface area contributed by atoms with E-state index in [0.717, 1.165) is 29.7 Å². The molecular weight excluding hydrogens is 438 g/mol. The fraction of sp³-hybridized carbons (Fsp3) is 0.375. The molecule has 9 heteroatoms. The van der Waals surface area contributed by atoms with Crippen molar-refractivity contribution in [3.05, 3.63) is 59.9 Å². The summed E-state index contributed by atoms with van der Waals surface area (Å²) in [6.07, 6.45) is 1.64. The fourth-order valence-electron chi connectivity index (χ4n) is 4.58. The van der Waals surface area contributed by atoms with Crippen molar-refractivity contribution in [2.24, 2.45) is 10.9 Å². The maximum absolute atomic E-state index is 13.4. The van der Waals surface area contributed by atoms with Crippen LogP contribution in [-0.2, 0) is 14.8 Å². The van der Waals surface area contributed by atoms with Crippen molar-refractivity contribution in [2.45, 2.75) is 43.5 Å². The molecule has 5 rings (SSSR count). The Morgan fingerprint density at radius 1 is 1.09 bits per heavy atom. The summed E-state index contributed by atoms with van der Waals surface area (Å²) in [5, 5.41) is 0. The molecule has 1 atom stereocenters. The average Bonchev–Trinajstić information content (AvgIpc) is 3.36. The number of sulfonamides is 1. The van der Waals surface area contributed by atoms with Gasteiger partial charge in [-0.1, -0.05) is 38.1 Å². The molecule has 3 aromatic rings. The van der Waals surface area contributed by atoms with Gasteiger partial charge in [-0.05, 0) is 43.0 Å². The van der Waals surface area contributed by atoms with Gasteiger partial charge in [0.1, 0.15) is 17.7 Å². The van der Waals surface area contributed by atoms with Gasteiger partial charge in [0.05, 0.1) is 15.9 Å². The molecule has 2 aliphatic rings. The number of amides is 1. The van der Waals surface area contributed by atoms with Crippen LogP contribution in [0.4, 0.5) is 0 Å². The Kier molecular flexibility index (Phi) is 5.44. The van der Waals surface area contributed by atoms with E-state index < -0.39 is 16.1 Å². The second kappa shape index (κ2) is 8.30. The van der Waals surface area contributed by atoms with Crippen LogP contribution in [0, 0.1) is 5.92 Å². The van der Waals surface area contributed by atoms with Crippen molar-refractivity contribution in [3.63, 3.8) is 0 Å². The lowest BCUT2D eigenvalue weighted by Crippen LogP contribution is -2.45. The predicted octanol–water partition coefficient (Wildman–Crippen LogP) is 3.03. The Hall–Kier alpha value is -3.20. The molecule has 0 saturated carbocycles. The minimum atomic E-state index is -3.64. The first kappa shape index (κ1) is 21.6. The summed E-state index contributed by atoms with van der Waals surface area (Å²) in [5.74, 6) is 1.36. The minimum absolute atomic E-state index is 0.0656. The molecule has 1 fully saturated rings. The van der Waals surface area contributed by atoms with Gasteiger partial charge in [0.2, 0.25) is 5.91 Å². The van der Waals surface area contributed by atoms with E-state index >= 15 is 0 Å². The van der Waals surface area contributed by atoms with E-state index in [4.69, 9.17) is 4.98 Å². The number of hydrogen-bond donors (Lipinski definition) is 2. The van der Waals surface area contributed by atoms with Gasteiger partial charge in [0, 0.05) is 24.6 Å². The van der Waals surface area contributed by atoms with Gasteiger partial charge in [-0.2, -0.15) is 0 Å². The van der Waals surface area contributed by atoms with Gasteiger partial charge < -0.3 is 9.88 Å². The van der Waals surface area contributed by atoms with Crippen LogP contribution in [0.2, 0.25) is 0 Å². The van der Waals surface area contributed by atoms with Crippen molar-refractivity contribution in [3.8, 4) is 0 Å². The van der Waals surface area contributed by atoms with E-state index in [-0.39, 0.29) is 28.5 Å². The molecule has 1 amide bonds. The van der Waals surface area contributed by atoms with Crippen LogP contribution >= 0.6 is 0 Å². The van der Waals surface area contributed by atoms with Crippen molar-refractivity contribution in [2.75, 3.05) is 13.1 Å². The number of hydrogen-bond acceptors (Lipinski definition) is 5. The van der Waals surface area contributed by atoms with E-state index in [1.165, 1.54) is 0 Å². The number of para-hydroxylation sites is 2. The van der Waals surface area contributed by atoms with Gasteiger partial charge in [-0.15, -0.1) is 0 Å². The topological polar surface area (TPSA) is 108 Å². The number of carbonyl (C=O) groups excluding carboxylic acids is 1. The highest BCUT2D eigenvalue weighted by Crippen LogP contribution is 2.29. The number of benzene rings is 2. The summed E-state index contributed by atoms with van der Waals surface area (Å²) in [4.78, 5) is 28.2. The maximum atomic E-state index is 13.4. The first-order chi connectivity index (χ1) is 15.8. The highest BCUT2D eigenvalue weighted by molar-refractivity contribution is 7.90. The number of nitrogens with one attached hydrogen (secondary N) is 2. The van der Waals surface area contributed by atoms with Crippen LogP contribution in [0.15, 0.2) is 58.4 Å². The first-order valence-electron chi connectivity index (χ1n) is 11.3. The lowest BCUT2D eigenvalue weighted by Gasteiger charge is -2.33. The number of likely N-dealkylation sites (tertiary alicyclic amines) is 1. The average molecular weight is 466 g/mol. The molecule has 2 aliphatic heterocycles. The fourth-order valence-corrected chi connectivity index (χ4v) is 5.82. The summed E-state index contributed by atoms with van der Waals surface area (Å²) in [6, 6.07) is 14.0. The van der Waals surface area contributed by atoms with Crippen molar-refractivity contribution >= 4 is 32.8 Å². The van der Waals surface area contributed by atoms with Gasteiger partial charge in [-0.3, -0.25) is 14.5 Å². The molecule has 172 valence electrons. The molecule has 3 heterocycles. The molecule has 0 spiro atoms. The summed E-state index contributed by atoms with van der Waals surface area (Å²) in [7, 11) is -3.64. The highest BCUT2D eigenvalue weighted by Gasteiger charge is 2.35. The largest absolute Gasteiger partial charge is 0.342 e. The predicted molar refractivity (Wildman–Crippen MR) is 127 cm³/mol. The lowest BCUT2D eigenvalue weighted by molar-refractivity contribution is -0.134. The van der Waals surface area contributed by atoms with Crippen LogP contribution in [0.25, 0.3) is 11.0 Å². The Labute approximate surface area is 193 Å². The van der Waals surface area contributed by atoms with E-state index in [9.17, 15) is 13.2 Å². The molecule has 1 aromatic heterocycles. The van der Waals surface area contributed by atoms with Crippen LogP contribution in [0.1, 0.15) is 44.0 Å². The van der Waals surface area contributed by atoms with Gasteiger partial charge >= 0.3 is 0 Å². The number of aromatic nitrogens is 2. The summed E-state index contributed by atoms with van der Waals surface area (Å²) < 4.78 is 27.4. The van der Waals surface area contributed by atoms with Gasteiger partial charge in [-0.25, -0.2) is 13.4 Å². The Balaban J connectivity index is 1.32. The zero-order valence-corrected chi connectivity index (χ0v) is 19.5. The number of nitrogens with zero attached hydrogens (tertiary/aromatic N) is 3. The zero-order valence-electron chi connectivity index (χ0n) is 18.7. The third-order valence-corrected chi connectivity index (χ3v) is 7.81. The zero-order chi connectivity index (χ0) is 23.2. The summed E-state index contributed by atoms with van der Waals surface area (Å²) in [5.41, 5.74) is 2.50. The number of carbonyl (C=O) groups is 1. The highest BCUT2D eigenvalue weighted by atomic mass is 32.2.